The van der Waals surface area contributed by atoms with Crippen molar-refractivity contribution in [2.45, 2.75) is 0 Å². The summed E-state index contributed by atoms with van der Waals surface area (Å²) < 4.78 is 8.00. The molecule has 0 spiro atoms. The monoisotopic (exact) mass is 380 g/mol. The quantitative estimate of drug-likeness (QED) is 0.533. The first-order valence-corrected chi connectivity index (χ1v) is 8.15. The molecular formula is C18H13BrN4O. The summed E-state index contributed by atoms with van der Waals surface area (Å²) >= 11 is 3.47. The molecule has 0 saturated carbocycles. The van der Waals surface area contributed by atoms with E-state index in [1.165, 1.54) is 6.33 Å². The molecule has 0 fully saturated rings. The van der Waals surface area contributed by atoms with Crippen LogP contribution in [0.5, 0.6) is 5.75 Å². The van der Waals surface area contributed by atoms with Gasteiger partial charge in [-0.05, 0) is 42.5 Å². The smallest absolute Gasteiger partial charge is 0.253 e. The average Bonchev–Trinajstić information content (AvgIpc) is 3.10. The van der Waals surface area contributed by atoms with Crippen LogP contribution >= 0.6 is 15.9 Å². The standard InChI is InChI=1S/C18H13BrN4O/c1-24-15-8-4-12(5-9-15)16-10-17(13-2-6-14(19)7-3-13)23-18(22-16)20-11-21-23/h2-11H,1H3. The van der Waals surface area contributed by atoms with Crippen molar-refractivity contribution in [2.24, 2.45) is 0 Å². The maximum Gasteiger partial charge on any atom is 0.253 e. The van der Waals surface area contributed by atoms with Gasteiger partial charge in [0, 0.05) is 15.6 Å². The topological polar surface area (TPSA) is 52.3 Å². The number of ether oxygens (including phenoxy) is 1. The molecule has 5 nitrogen and oxygen atoms in total. The number of hydrogen-bond acceptors (Lipinski definition) is 4. The molecule has 0 aliphatic rings. The fourth-order valence-electron chi connectivity index (χ4n) is 2.55. The van der Waals surface area contributed by atoms with Gasteiger partial charge in [-0.3, -0.25) is 0 Å². The van der Waals surface area contributed by atoms with Gasteiger partial charge in [-0.1, -0.05) is 28.1 Å². The fourth-order valence-corrected chi connectivity index (χ4v) is 2.81. The minimum Gasteiger partial charge on any atom is -0.497 e. The van der Waals surface area contributed by atoms with Crippen LogP contribution in [0.2, 0.25) is 0 Å². The number of fused-ring (bicyclic) bond motifs is 1. The largest absolute Gasteiger partial charge is 0.497 e. The van der Waals surface area contributed by atoms with E-state index in [4.69, 9.17) is 4.74 Å². The van der Waals surface area contributed by atoms with Gasteiger partial charge in [0.25, 0.3) is 5.78 Å². The van der Waals surface area contributed by atoms with Gasteiger partial charge >= 0.3 is 0 Å². The number of halogens is 1. The lowest BCUT2D eigenvalue weighted by Crippen LogP contribution is -1.98. The Morgan fingerprint density at radius 1 is 0.958 bits per heavy atom. The fraction of sp³-hybridized carbons (Fsp3) is 0.0556. The van der Waals surface area contributed by atoms with Gasteiger partial charge in [0.2, 0.25) is 0 Å². The van der Waals surface area contributed by atoms with Crippen molar-refractivity contribution in [3.05, 3.63) is 65.4 Å². The lowest BCUT2D eigenvalue weighted by atomic mass is 10.1. The van der Waals surface area contributed by atoms with Crippen molar-refractivity contribution >= 4 is 21.7 Å². The van der Waals surface area contributed by atoms with Crippen LogP contribution in [0.1, 0.15) is 0 Å². The zero-order valence-electron chi connectivity index (χ0n) is 12.8. The third-order valence-corrected chi connectivity index (χ3v) is 4.31. The predicted molar refractivity (Wildman–Crippen MR) is 95.9 cm³/mol. The lowest BCUT2D eigenvalue weighted by molar-refractivity contribution is 0.415. The van der Waals surface area contributed by atoms with E-state index >= 15 is 0 Å². The van der Waals surface area contributed by atoms with E-state index in [2.05, 4.69) is 31.0 Å². The average molecular weight is 381 g/mol. The van der Waals surface area contributed by atoms with E-state index in [9.17, 15) is 0 Å². The van der Waals surface area contributed by atoms with E-state index in [-0.39, 0.29) is 0 Å². The minimum absolute atomic E-state index is 0.571. The van der Waals surface area contributed by atoms with E-state index < -0.39 is 0 Å². The molecule has 0 N–H and O–H groups in total. The van der Waals surface area contributed by atoms with Crippen LogP contribution in [0.4, 0.5) is 0 Å². The van der Waals surface area contributed by atoms with Crippen molar-refractivity contribution in [2.75, 3.05) is 7.11 Å². The molecule has 4 aromatic rings. The number of aromatic nitrogens is 4. The highest BCUT2D eigenvalue weighted by Crippen LogP contribution is 2.27. The molecule has 0 radical (unpaired) electrons. The molecular weight excluding hydrogens is 368 g/mol. The van der Waals surface area contributed by atoms with Gasteiger partial charge in [0.1, 0.15) is 12.1 Å². The highest BCUT2D eigenvalue weighted by Gasteiger charge is 2.11. The van der Waals surface area contributed by atoms with E-state index in [0.717, 1.165) is 32.7 Å². The van der Waals surface area contributed by atoms with Crippen molar-refractivity contribution in [1.29, 1.82) is 0 Å². The molecule has 0 unspecified atom stereocenters. The summed E-state index contributed by atoms with van der Waals surface area (Å²) in [7, 11) is 1.65. The summed E-state index contributed by atoms with van der Waals surface area (Å²) in [6.45, 7) is 0. The highest BCUT2D eigenvalue weighted by atomic mass is 79.9. The number of hydrogen-bond donors (Lipinski definition) is 0. The van der Waals surface area contributed by atoms with Crippen LogP contribution < -0.4 is 4.74 Å². The van der Waals surface area contributed by atoms with Crippen LogP contribution in [0.15, 0.2) is 65.4 Å². The Kier molecular flexibility index (Phi) is 3.74. The summed E-state index contributed by atoms with van der Waals surface area (Å²) in [5.41, 5.74) is 3.83. The Hall–Kier alpha value is -2.73. The van der Waals surface area contributed by atoms with Gasteiger partial charge in [-0.25, -0.2) is 4.98 Å². The van der Waals surface area contributed by atoms with Crippen molar-refractivity contribution in [3.63, 3.8) is 0 Å². The first-order valence-electron chi connectivity index (χ1n) is 7.36. The Balaban J connectivity index is 1.89. The summed E-state index contributed by atoms with van der Waals surface area (Å²) in [6.07, 6.45) is 1.52. The maximum atomic E-state index is 5.22. The molecule has 0 aliphatic heterocycles. The Bertz CT molecular complexity index is 994. The number of nitrogens with zero attached hydrogens (tertiary/aromatic N) is 4. The first kappa shape index (κ1) is 14.8. The highest BCUT2D eigenvalue weighted by molar-refractivity contribution is 9.10. The third kappa shape index (κ3) is 2.65. The zero-order chi connectivity index (χ0) is 16.5. The molecule has 4 rings (SSSR count). The molecule has 0 bridgehead atoms. The Labute approximate surface area is 147 Å². The molecule has 118 valence electrons. The molecule has 0 aliphatic carbocycles. The van der Waals surface area contributed by atoms with E-state index in [0.29, 0.717) is 5.78 Å². The second-order valence-electron chi connectivity index (χ2n) is 5.23. The van der Waals surface area contributed by atoms with Gasteiger partial charge in [0.15, 0.2) is 0 Å². The summed E-state index contributed by atoms with van der Waals surface area (Å²) in [4.78, 5) is 8.85. The molecule has 6 heteroatoms. The first-order chi connectivity index (χ1) is 11.7. The molecule has 0 atom stereocenters. The van der Waals surface area contributed by atoms with E-state index in [1.807, 2.05) is 54.6 Å². The zero-order valence-corrected chi connectivity index (χ0v) is 14.4. The van der Waals surface area contributed by atoms with Gasteiger partial charge in [0.05, 0.1) is 18.5 Å². The van der Waals surface area contributed by atoms with Crippen LogP contribution in [0.3, 0.4) is 0 Å². The van der Waals surface area contributed by atoms with E-state index in [1.54, 1.807) is 11.6 Å². The normalized spacial score (nSPS) is 10.9. The van der Waals surface area contributed by atoms with Crippen LogP contribution in [0, 0.1) is 0 Å². The van der Waals surface area contributed by atoms with Gasteiger partial charge in [-0.2, -0.15) is 14.6 Å². The summed E-state index contributed by atoms with van der Waals surface area (Å²) in [5.74, 6) is 1.39. The van der Waals surface area contributed by atoms with Crippen molar-refractivity contribution < 1.29 is 4.74 Å². The number of rotatable bonds is 3. The van der Waals surface area contributed by atoms with Gasteiger partial charge in [-0.15, -0.1) is 0 Å². The molecule has 0 saturated heterocycles. The molecule has 0 amide bonds. The Morgan fingerprint density at radius 2 is 1.67 bits per heavy atom. The number of benzene rings is 2. The number of methoxy groups -OCH3 is 1. The third-order valence-electron chi connectivity index (χ3n) is 3.78. The van der Waals surface area contributed by atoms with Gasteiger partial charge < -0.3 is 4.74 Å². The SMILES string of the molecule is COc1ccc(-c2cc(-c3ccc(Br)cc3)n3ncnc3n2)cc1. The van der Waals surface area contributed by atoms with Crippen molar-refractivity contribution in [3.8, 4) is 28.3 Å². The second-order valence-corrected chi connectivity index (χ2v) is 6.15. The molecule has 2 heterocycles. The second kappa shape index (κ2) is 6.05. The van der Waals surface area contributed by atoms with Crippen molar-refractivity contribution in [1.82, 2.24) is 19.6 Å². The van der Waals surface area contributed by atoms with Crippen LogP contribution in [-0.2, 0) is 0 Å². The minimum atomic E-state index is 0.571. The molecule has 2 aromatic carbocycles. The Morgan fingerprint density at radius 3 is 2.38 bits per heavy atom. The predicted octanol–water partition coefficient (Wildman–Crippen LogP) is 4.23. The molecule has 24 heavy (non-hydrogen) atoms. The summed E-state index contributed by atoms with van der Waals surface area (Å²) in [6, 6.07) is 17.9. The van der Waals surface area contributed by atoms with Crippen LogP contribution in [-0.4, -0.2) is 26.7 Å². The van der Waals surface area contributed by atoms with Crippen LogP contribution in [0.25, 0.3) is 28.3 Å². The lowest BCUT2D eigenvalue weighted by Gasteiger charge is -2.08. The maximum absolute atomic E-state index is 5.22. The molecule has 2 aromatic heterocycles. The summed E-state index contributed by atoms with van der Waals surface area (Å²) in [5, 5.41) is 4.29.